The lowest BCUT2D eigenvalue weighted by Crippen LogP contribution is -2.00. The van der Waals surface area contributed by atoms with Crippen molar-refractivity contribution in [3.05, 3.63) is 35.9 Å². The molecule has 0 bridgehead atoms. The van der Waals surface area contributed by atoms with Crippen LogP contribution in [-0.2, 0) is 10.1 Å². The van der Waals surface area contributed by atoms with Crippen molar-refractivity contribution < 1.29 is 18.1 Å². The third-order valence-electron chi connectivity index (χ3n) is 2.31. The van der Waals surface area contributed by atoms with E-state index in [1.807, 2.05) is 0 Å². The highest BCUT2D eigenvalue weighted by atomic mass is 32.2. The zero-order chi connectivity index (χ0) is 11.9. The first-order valence-electron chi connectivity index (χ1n) is 4.57. The lowest BCUT2D eigenvalue weighted by Gasteiger charge is -2.12. The van der Waals surface area contributed by atoms with Crippen molar-refractivity contribution in [2.24, 2.45) is 0 Å². The van der Waals surface area contributed by atoms with Crippen LogP contribution in [0.15, 0.2) is 35.2 Å². The fraction of sp³-hybridized carbons (Fsp3) is 0.0909. The highest BCUT2D eigenvalue weighted by Crippen LogP contribution is 2.27. The Morgan fingerprint density at radius 1 is 1.19 bits per heavy atom. The van der Waals surface area contributed by atoms with Crippen LogP contribution in [0.3, 0.4) is 0 Å². The second-order valence-corrected chi connectivity index (χ2v) is 4.97. The smallest absolute Gasteiger partial charge is 0.125 e. The van der Waals surface area contributed by atoms with Crippen LogP contribution < -0.4 is 0 Å². The molecule has 0 aliphatic carbocycles. The summed E-state index contributed by atoms with van der Waals surface area (Å²) in [4.78, 5) is -0.293. The number of rotatable bonds is 1. The molecule has 16 heavy (non-hydrogen) atoms. The number of hydrogen-bond acceptors (Lipinski definition) is 4. The summed E-state index contributed by atoms with van der Waals surface area (Å²) in [5.74, 6) is -0.0683. The molecule has 2 aromatic carbocycles. The summed E-state index contributed by atoms with van der Waals surface area (Å²) in [5, 5.41) is 10.2. The molecule has 0 saturated carbocycles. The molecule has 0 aliphatic heterocycles. The summed E-state index contributed by atoms with van der Waals surface area (Å²) in [6.07, 6.45) is 0. The molecule has 0 amide bonds. The Labute approximate surface area is 92.9 Å². The molecular formula is C11H9O4S-. The molecule has 2 rings (SSSR count). The number of aryl methyl sites for hydroxylation is 1. The molecule has 84 valence electrons. The van der Waals surface area contributed by atoms with Crippen LogP contribution in [0.1, 0.15) is 5.56 Å². The van der Waals surface area contributed by atoms with Gasteiger partial charge in [0.1, 0.15) is 15.9 Å². The van der Waals surface area contributed by atoms with Gasteiger partial charge in [0.2, 0.25) is 0 Å². The van der Waals surface area contributed by atoms with Gasteiger partial charge >= 0.3 is 0 Å². The van der Waals surface area contributed by atoms with Crippen molar-refractivity contribution >= 4 is 20.9 Å². The molecule has 0 aliphatic rings. The predicted octanol–water partition coefficient (Wildman–Crippen LogP) is 1.76. The lowest BCUT2D eigenvalue weighted by molar-refractivity contribution is 0.464. The van der Waals surface area contributed by atoms with Gasteiger partial charge in [-0.3, -0.25) is 0 Å². The number of hydrogen-bond donors (Lipinski definition) is 1. The summed E-state index contributed by atoms with van der Waals surface area (Å²) in [5.41, 5.74) is 0.688. The van der Waals surface area contributed by atoms with Crippen LogP contribution in [-0.4, -0.2) is 18.1 Å². The van der Waals surface area contributed by atoms with Crippen molar-refractivity contribution in [2.75, 3.05) is 0 Å². The summed E-state index contributed by atoms with van der Waals surface area (Å²) in [7, 11) is -4.53. The largest absolute Gasteiger partial charge is 0.744 e. The van der Waals surface area contributed by atoms with Crippen molar-refractivity contribution in [1.29, 1.82) is 0 Å². The van der Waals surface area contributed by atoms with E-state index in [1.54, 1.807) is 19.1 Å². The topological polar surface area (TPSA) is 77.4 Å². The quantitative estimate of drug-likeness (QED) is 0.766. The van der Waals surface area contributed by atoms with E-state index < -0.39 is 10.1 Å². The van der Waals surface area contributed by atoms with E-state index in [4.69, 9.17) is 0 Å². The van der Waals surface area contributed by atoms with E-state index in [2.05, 4.69) is 0 Å². The Morgan fingerprint density at radius 2 is 1.88 bits per heavy atom. The molecule has 0 radical (unpaired) electrons. The maximum Gasteiger partial charge on any atom is 0.125 e. The minimum atomic E-state index is -4.53. The first-order chi connectivity index (χ1) is 7.38. The molecule has 4 nitrogen and oxygen atoms in total. The highest BCUT2D eigenvalue weighted by molar-refractivity contribution is 7.86. The van der Waals surface area contributed by atoms with Crippen LogP contribution in [0.25, 0.3) is 10.8 Å². The van der Waals surface area contributed by atoms with E-state index in [0.717, 1.165) is 0 Å². The average molecular weight is 237 g/mol. The first kappa shape index (κ1) is 10.9. The number of aromatic hydroxyl groups is 1. The van der Waals surface area contributed by atoms with Crippen molar-refractivity contribution in [3.63, 3.8) is 0 Å². The molecule has 0 aromatic heterocycles. The maximum absolute atomic E-state index is 11.1. The van der Waals surface area contributed by atoms with Crippen LogP contribution in [0.5, 0.6) is 5.75 Å². The zero-order valence-corrected chi connectivity index (χ0v) is 9.28. The van der Waals surface area contributed by atoms with Gasteiger partial charge in [-0.1, -0.05) is 12.1 Å². The SMILES string of the molecule is Cc1cc(S(=O)(=O)[O-])c2cc(O)ccc2c1. The van der Waals surface area contributed by atoms with E-state index >= 15 is 0 Å². The third kappa shape index (κ3) is 1.87. The number of phenols is 1. The molecule has 1 N–H and O–H groups in total. The van der Waals surface area contributed by atoms with Gasteiger partial charge in [-0.15, -0.1) is 0 Å². The normalized spacial score (nSPS) is 11.9. The van der Waals surface area contributed by atoms with Gasteiger partial charge in [0.25, 0.3) is 0 Å². The summed E-state index contributed by atoms with van der Waals surface area (Å²) in [6.45, 7) is 1.71. The van der Waals surface area contributed by atoms with Crippen LogP contribution in [0, 0.1) is 6.92 Å². The minimum Gasteiger partial charge on any atom is -0.744 e. The first-order valence-corrected chi connectivity index (χ1v) is 5.98. The summed E-state index contributed by atoms with van der Waals surface area (Å²) >= 11 is 0. The Hall–Kier alpha value is -1.59. The number of benzene rings is 2. The summed E-state index contributed by atoms with van der Waals surface area (Å²) in [6, 6.07) is 7.36. The lowest BCUT2D eigenvalue weighted by atomic mass is 10.1. The van der Waals surface area contributed by atoms with Crippen molar-refractivity contribution in [1.82, 2.24) is 0 Å². The predicted molar refractivity (Wildman–Crippen MR) is 58.3 cm³/mol. The van der Waals surface area contributed by atoms with Gasteiger partial charge in [-0.05, 0) is 36.1 Å². The van der Waals surface area contributed by atoms with Crippen molar-refractivity contribution in [2.45, 2.75) is 11.8 Å². The number of fused-ring (bicyclic) bond motifs is 1. The van der Waals surface area contributed by atoms with Gasteiger partial charge in [0, 0.05) is 5.39 Å². The monoisotopic (exact) mass is 237 g/mol. The van der Waals surface area contributed by atoms with E-state index in [0.29, 0.717) is 10.9 Å². The second-order valence-electron chi connectivity index (χ2n) is 3.62. The molecule has 0 saturated heterocycles. The molecule has 5 heteroatoms. The maximum atomic E-state index is 11.1. The van der Waals surface area contributed by atoms with Gasteiger partial charge < -0.3 is 9.66 Å². The fourth-order valence-corrected chi connectivity index (χ4v) is 2.44. The van der Waals surface area contributed by atoms with Gasteiger partial charge in [0.05, 0.1) is 4.90 Å². The van der Waals surface area contributed by atoms with E-state index in [-0.39, 0.29) is 16.0 Å². The zero-order valence-electron chi connectivity index (χ0n) is 8.47. The third-order valence-corrected chi connectivity index (χ3v) is 3.19. The summed E-state index contributed by atoms with van der Waals surface area (Å²) < 4.78 is 33.2. The Morgan fingerprint density at radius 3 is 2.50 bits per heavy atom. The Kier molecular flexibility index (Phi) is 2.36. The van der Waals surface area contributed by atoms with E-state index in [9.17, 15) is 18.1 Å². The van der Waals surface area contributed by atoms with Crippen molar-refractivity contribution in [3.8, 4) is 5.75 Å². The Bertz CT molecular complexity index is 659. The standard InChI is InChI=1S/C11H10O4S/c1-7-4-8-2-3-9(12)6-10(8)11(5-7)16(13,14)15/h2-6,12H,1H3,(H,13,14,15)/p-1. The van der Waals surface area contributed by atoms with Gasteiger partial charge in [-0.2, -0.15) is 0 Å². The highest BCUT2D eigenvalue weighted by Gasteiger charge is 2.09. The second kappa shape index (κ2) is 3.47. The average Bonchev–Trinajstić information content (AvgIpc) is 2.16. The molecule has 0 atom stereocenters. The van der Waals surface area contributed by atoms with Gasteiger partial charge in [0.15, 0.2) is 0 Å². The fourth-order valence-electron chi connectivity index (χ4n) is 1.66. The minimum absolute atomic E-state index is 0.0683. The molecular weight excluding hydrogens is 228 g/mol. The molecule has 2 aromatic rings. The van der Waals surface area contributed by atoms with Crippen LogP contribution in [0.2, 0.25) is 0 Å². The number of phenolic OH excluding ortho intramolecular Hbond substituents is 1. The Balaban J connectivity index is 2.96. The van der Waals surface area contributed by atoms with Gasteiger partial charge in [-0.25, -0.2) is 8.42 Å². The van der Waals surface area contributed by atoms with Crippen LogP contribution >= 0.6 is 0 Å². The van der Waals surface area contributed by atoms with Crippen LogP contribution in [0.4, 0.5) is 0 Å². The molecule has 0 spiro atoms. The molecule has 0 unspecified atom stereocenters. The molecule has 0 fully saturated rings. The molecule has 0 heterocycles. The van der Waals surface area contributed by atoms with E-state index in [1.165, 1.54) is 18.2 Å².